The second kappa shape index (κ2) is 4.23. The average molecular weight is 184 g/mol. The van der Waals surface area contributed by atoms with Crippen molar-refractivity contribution in [2.45, 2.75) is 6.04 Å². The van der Waals surface area contributed by atoms with Gasteiger partial charge in [-0.05, 0) is 17.7 Å². The van der Waals surface area contributed by atoms with Crippen LogP contribution >= 0.6 is 0 Å². The SMILES string of the molecule is NC(C[SH](=O)=O)c1c[c]ccc1. The van der Waals surface area contributed by atoms with E-state index in [4.69, 9.17) is 5.73 Å². The van der Waals surface area contributed by atoms with Crippen LogP contribution in [0.1, 0.15) is 11.6 Å². The molecule has 0 aliphatic carbocycles. The molecule has 1 aromatic carbocycles. The van der Waals surface area contributed by atoms with Gasteiger partial charge in [-0.3, -0.25) is 0 Å². The van der Waals surface area contributed by atoms with Crippen LogP contribution in [0.4, 0.5) is 0 Å². The van der Waals surface area contributed by atoms with Gasteiger partial charge in [-0.25, -0.2) is 8.42 Å². The van der Waals surface area contributed by atoms with E-state index >= 15 is 0 Å². The first-order valence-corrected chi connectivity index (χ1v) is 4.90. The average Bonchev–Trinajstić information content (AvgIpc) is 2.05. The predicted molar refractivity (Wildman–Crippen MR) is 47.4 cm³/mol. The van der Waals surface area contributed by atoms with Crippen molar-refractivity contribution in [1.82, 2.24) is 0 Å². The van der Waals surface area contributed by atoms with Crippen LogP contribution in [0.2, 0.25) is 0 Å². The van der Waals surface area contributed by atoms with E-state index < -0.39 is 16.7 Å². The fourth-order valence-corrected chi connectivity index (χ4v) is 1.44. The van der Waals surface area contributed by atoms with Crippen molar-refractivity contribution in [3.63, 3.8) is 0 Å². The molecule has 1 radical (unpaired) electrons. The molecule has 2 N–H and O–H groups in total. The molecule has 0 saturated carbocycles. The second-order valence-electron chi connectivity index (χ2n) is 2.46. The first kappa shape index (κ1) is 9.22. The van der Waals surface area contributed by atoms with Crippen LogP contribution < -0.4 is 5.73 Å². The Morgan fingerprint density at radius 3 is 2.83 bits per heavy atom. The van der Waals surface area contributed by atoms with E-state index in [2.05, 4.69) is 6.07 Å². The Bertz CT molecular complexity index is 300. The maximum atomic E-state index is 10.3. The molecule has 1 unspecified atom stereocenters. The highest BCUT2D eigenvalue weighted by atomic mass is 32.2. The van der Waals surface area contributed by atoms with Gasteiger partial charge in [-0.15, -0.1) is 0 Å². The number of rotatable bonds is 3. The zero-order valence-corrected chi connectivity index (χ0v) is 7.33. The quantitative estimate of drug-likeness (QED) is 0.655. The van der Waals surface area contributed by atoms with Gasteiger partial charge < -0.3 is 5.73 Å². The molecular formula is C8H10NO2S. The predicted octanol–water partition coefficient (Wildman–Crippen LogP) is 0.0980. The van der Waals surface area contributed by atoms with Crippen molar-refractivity contribution in [3.8, 4) is 0 Å². The molecule has 0 amide bonds. The first-order valence-electron chi connectivity index (χ1n) is 3.53. The van der Waals surface area contributed by atoms with Gasteiger partial charge in [0.25, 0.3) is 0 Å². The molecule has 0 aliphatic heterocycles. The van der Waals surface area contributed by atoms with Crippen molar-refractivity contribution in [1.29, 1.82) is 0 Å². The fraction of sp³-hybridized carbons (Fsp3) is 0.250. The molecule has 0 bridgehead atoms. The zero-order chi connectivity index (χ0) is 8.97. The minimum Gasteiger partial charge on any atom is -0.323 e. The lowest BCUT2D eigenvalue weighted by atomic mass is 10.1. The van der Waals surface area contributed by atoms with Gasteiger partial charge >= 0.3 is 0 Å². The van der Waals surface area contributed by atoms with Crippen molar-refractivity contribution in [2.75, 3.05) is 5.75 Å². The molecule has 0 fully saturated rings. The van der Waals surface area contributed by atoms with Crippen molar-refractivity contribution < 1.29 is 8.42 Å². The Balaban J connectivity index is 2.71. The zero-order valence-electron chi connectivity index (χ0n) is 6.43. The molecule has 1 aromatic rings. The molecule has 0 heterocycles. The number of benzene rings is 1. The fourth-order valence-electron chi connectivity index (χ4n) is 0.904. The number of thiol groups is 1. The van der Waals surface area contributed by atoms with Crippen LogP contribution in [0.5, 0.6) is 0 Å². The normalized spacial score (nSPS) is 13.2. The van der Waals surface area contributed by atoms with E-state index in [1.54, 1.807) is 24.3 Å². The molecular weight excluding hydrogens is 174 g/mol. The molecule has 1 atom stereocenters. The molecule has 12 heavy (non-hydrogen) atoms. The van der Waals surface area contributed by atoms with E-state index in [1.165, 1.54) is 0 Å². The molecule has 1 rings (SSSR count). The number of hydrogen-bond acceptors (Lipinski definition) is 3. The van der Waals surface area contributed by atoms with E-state index in [0.29, 0.717) is 0 Å². The highest BCUT2D eigenvalue weighted by molar-refractivity contribution is 7.72. The van der Waals surface area contributed by atoms with Crippen LogP contribution in [0, 0.1) is 6.07 Å². The minimum atomic E-state index is -2.40. The maximum Gasteiger partial charge on any atom is 0.142 e. The third kappa shape index (κ3) is 2.64. The molecule has 3 nitrogen and oxygen atoms in total. The van der Waals surface area contributed by atoms with Crippen LogP contribution in [0.3, 0.4) is 0 Å². The van der Waals surface area contributed by atoms with Crippen molar-refractivity contribution >= 4 is 10.7 Å². The van der Waals surface area contributed by atoms with Gasteiger partial charge in [-0.1, -0.05) is 18.2 Å². The van der Waals surface area contributed by atoms with Crippen LogP contribution in [0.15, 0.2) is 24.3 Å². The minimum absolute atomic E-state index is 0.00676. The lowest BCUT2D eigenvalue weighted by Crippen LogP contribution is -2.15. The molecule has 65 valence electrons. The summed E-state index contributed by atoms with van der Waals surface area (Å²) in [7, 11) is -2.40. The lowest BCUT2D eigenvalue weighted by molar-refractivity contribution is 0.608. The molecule has 0 saturated heterocycles. The summed E-state index contributed by atoms with van der Waals surface area (Å²) in [4.78, 5) is 0. The monoisotopic (exact) mass is 184 g/mol. The molecule has 0 aromatic heterocycles. The Labute approximate surface area is 73.2 Å². The summed E-state index contributed by atoms with van der Waals surface area (Å²) in [5.74, 6) is -0.00676. The molecule has 0 spiro atoms. The summed E-state index contributed by atoms with van der Waals surface area (Å²) in [6.45, 7) is 0. The standard InChI is InChI=1S/C8H10NO2S/c9-8(6-12(10)11)7-4-2-1-3-5-7/h1-2,4-5,8,12H,6,9H2. The van der Waals surface area contributed by atoms with Crippen LogP contribution in [0.25, 0.3) is 0 Å². The van der Waals surface area contributed by atoms with Gasteiger partial charge in [-0.2, -0.15) is 0 Å². The smallest absolute Gasteiger partial charge is 0.142 e. The van der Waals surface area contributed by atoms with Gasteiger partial charge in [0, 0.05) is 6.04 Å². The maximum absolute atomic E-state index is 10.3. The number of nitrogens with two attached hydrogens (primary N) is 1. The van der Waals surface area contributed by atoms with Crippen LogP contribution in [-0.4, -0.2) is 14.2 Å². The van der Waals surface area contributed by atoms with E-state index in [0.717, 1.165) is 5.56 Å². The lowest BCUT2D eigenvalue weighted by Gasteiger charge is -2.06. The van der Waals surface area contributed by atoms with Crippen molar-refractivity contribution in [3.05, 3.63) is 35.9 Å². The highest BCUT2D eigenvalue weighted by Crippen LogP contribution is 2.08. The summed E-state index contributed by atoms with van der Waals surface area (Å²) in [5, 5.41) is 0. The Hall–Kier alpha value is -0.870. The summed E-state index contributed by atoms with van der Waals surface area (Å²) < 4.78 is 20.7. The van der Waals surface area contributed by atoms with Gasteiger partial charge in [0.1, 0.15) is 10.7 Å². The third-order valence-corrected chi connectivity index (χ3v) is 2.20. The molecule has 4 heteroatoms. The van der Waals surface area contributed by atoms with E-state index in [-0.39, 0.29) is 5.75 Å². The van der Waals surface area contributed by atoms with Gasteiger partial charge in [0.15, 0.2) is 0 Å². The second-order valence-corrected chi connectivity index (χ2v) is 3.49. The Kier molecular flexibility index (Phi) is 3.25. The largest absolute Gasteiger partial charge is 0.323 e. The molecule has 0 aliphatic rings. The number of hydrogen-bond donors (Lipinski definition) is 2. The Morgan fingerprint density at radius 1 is 1.58 bits per heavy atom. The van der Waals surface area contributed by atoms with E-state index in [1.807, 2.05) is 0 Å². The van der Waals surface area contributed by atoms with Crippen LogP contribution in [-0.2, 0) is 10.7 Å². The Morgan fingerprint density at radius 2 is 2.33 bits per heavy atom. The topological polar surface area (TPSA) is 60.2 Å². The summed E-state index contributed by atoms with van der Waals surface area (Å²) in [6, 6.07) is 9.43. The summed E-state index contributed by atoms with van der Waals surface area (Å²) in [5.41, 5.74) is 6.39. The highest BCUT2D eigenvalue weighted by Gasteiger charge is 2.05. The summed E-state index contributed by atoms with van der Waals surface area (Å²) >= 11 is 0. The first-order chi connectivity index (χ1) is 5.70. The van der Waals surface area contributed by atoms with Gasteiger partial charge in [0.2, 0.25) is 0 Å². The van der Waals surface area contributed by atoms with Gasteiger partial charge in [0.05, 0.1) is 5.75 Å². The third-order valence-electron chi connectivity index (χ3n) is 1.51. The van der Waals surface area contributed by atoms with Crippen molar-refractivity contribution in [2.24, 2.45) is 5.73 Å². The van der Waals surface area contributed by atoms with E-state index in [9.17, 15) is 8.42 Å². The summed E-state index contributed by atoms with van der Waals surface area (Å²) in [6.07, 6.45) is 0.